The topological polar surface area (TPSA) is 78.9 Å². The summed E-state index contributed by atoms with van der Waals surface area (Å²) in [4.78, 5) is 37.5. The molecule has 0 aliphatic rings. The number of unbranched alkanes of at least 4 members (excludes halogenated alkanes) is 25. The van der Waals surface area contributed by atoms with E-state index in [4.69, 9.17) is 14.2 Å². The zero-order valence-corrected chi connectivity index (χ0v) is 33.1. The maximum Gasteiger partial charge on any atom is 0.306 e. The number of rotatable bonds is 38. The molecule has 0 fully saturated rings. The molecule has 49 heavy (non-hydrogen) atoms. The Morgan fingerprint density at radius 2 is 0.673 bits per heavy atom. The zero-order chi connectivity index (χ0) is 36.0. The van der Waals surface area contributed by atoms with Gasteiger partial charge in [-0.3, -0.25) is 14.4 Å². The van der Waals surface area contributed by atoms with Crippen molar-refractivity contribution in [2.75, 3.05) is 13.2 Å². The molecule has 0 heterocycles. The van der Waals surface area contributed by atoms with Gasteiger partial charge >= 0.3 is 17.9 Å². The monoisotopic (exact) mass is 695 g/mol. The highest BCUT2D eigenvalue weighted by molar-refractivity contribution is 5.71. The first-order valence-corrected chi connectivity index (χ1v) is 21.4. The summed E-state index contributed by atoms with van der Waals surface area (Å²) in [6.07, 6.45) is 35.2. The van der Waals surface area contributed by atoms with Crippen LogP contribution in [-0.4, -0.2) is 37.2 Å². The summed E-state index contributed by atoms with van der Waals surface area (Å²) >= 11 is 0. The van der Waals surface area contributed by atoms with E-state index in [2.05, 4.69) is 27.7 Å². The first-order chi connectivity index (χ1) is 23.9. The van der Waals surface area contributed by atoms with Gasteiger partial charge in [-0.05, 0) is 25.2 Å². The summed E-state index contributed by atoms with van der Waals surface area (Å²) in [5, 5.41) is 0. The second kappa shape index (κ2) is 37.7. The van der Waals surface area contributed by atoms with Crippen molar-refractivity contribution in [2.45, 2.75) is 239 Å². The molecule has 0 aromatic heterocycles. The quantitative estimate of drug-likeness (QED) is 0.0364. The van der Waals surface area contributed by atoms with Crippen LogP contribution in [-0.2, 0) is 28.6 Å². The van der Waals surface area contributed by atoms with Gasteiger partial charge in [0.25, 0.3) is 0 Å². The van der Waals surface area contributed by atoms with Gasteiger partial charge in [0.15, 0.2) is 6.10 Å². The lowest BCUT2D eigenvalue weighted by molar-refractivity contribution is -0.167. The summed E-state index contributed by atoms with van der Waals surface area (Å²) in [5.74, 6) is -0.0809. The summed E-state index contributed by atoms with van der Waals surface area (Å²) in [5.41, 5.74) is 0. The Hall–Kier alpha value is -1.59. The molecular weight excluding hydrogens is 612 g/mol. The van der Waals surface area contributed by atoms with Crippen LogP contribution in [0, 0.1) is 5.92 Å². The van der Waals surface area contributed by atoms with Crippen LogP contribution in [0.4, 0.5) is 0 Å². The first-order valence-electron chi connectivity index (χ1n) is 21.4. The fourth-order valence-electron chi connectivity index (χ4n) is 6.27. The molecule has 0 saturated carbocycles. The molecule has 0 aliphatic heterocycles. The van der Waals surface area contributed by atoms with Crippen molar-refractivity contribution in [2.24, 2.45) is 5.92 Å². The molecule has 0 radical (unpaired) electrons. The highest BCUT2D eigenvalue weighted by Crippen LogP contribution is 2.15. The lowest BCUT2D eigenvalue weighted by Crippen LogP contribution is -2.30. The van der Waals surface area contributed by atoms with E-state index >= 15 is 0 Å². The zero-order valence-electron chi connectivity index (χ0n) is 33.1. The van der Waals surface area contributed by atoms with Crippen LogP contribution in [0.1, 0.15) is 233 Å². The molecule has 0 aromatic carbocycles. The molecule has 1 atom stereocenters. The predicted octanol–water partition coefficient (Wildman–Crippen LogP) is 13.2. The molecule has 290 valence electrons. The Morgan fingerprint density at radius 1 is 0.388 bits per heavy atom. The van der Waals surface area contributed by atoms with E-state index in [0.717, 1.165) is 63.7 Å². The fourth-order valence-corrected chi connectivity index (χ4v) is 6.27. The van der Waals surface area contributed by atoms with Gasteiger partial charge in [-0.15, -0.1) is 0 Å². The van der Waals surface area contributed by atoms with Crippen molar-refractivity contribution in [3.8, 4) is 0 Å². The molecule has 0 amide bonds. The minimum atomic E-state index is -0.758. The summed E-state index contributed by atoms with van der Waals surface area (Å²) in [6.45, 7) is 8.91. The third kappa shape index (κ3) is 37.5. The minimum Gasteiger partial charge on any atom is -0.462 e. The van der Waals surface area contributed by atoms with E-state index in [-0.39, 0.29) is 31.1 Å². The highest BCUT2D eigenvalue weighted by atomic mass is 16.6. The van der Waals surface area contributed by atoms with Gasteiger partial charge in [0, 0.05) is 19.3 Å². The van der Waals surface area contributed by atoms with E-state index in [1.54, 1.807) is 0 Å². The van der Waals surface area contributed by atoms with Gasteiger partial charge in [-0.25, -0.2) is 0 Å². The Bertz CT molecular complexity index is 736. The normalized spacial score (nSPS) is 11.9. The lowest BCUT2D eigenvalue weighted by atomic mass is 10.0. The van der Waals surface area contributed by atoms with Crippen molar-refractivity contribution < 1.29 is 28.6 Å². The van der Waals surface area contributed by atoms with Gasteiger partial charge < -0.3 is 14.2 Å². The average Bonchev–Trinajstić information content (AvgIpc) is 3.08. The van der Waals surface area contributed by atoms with Crippen LogP contribution in [0.2, 0.25) is 0 Å². The van der Waals surface area contributed by atoms with E-state index < -0.39 is 6.10 Å². The number of hydrogen-bond donors (Lipinski definition) is 0. The summed E-state index contributed by atoms with van der Waals surface area (Å²) in [7, 11) is 0. The standard InChI is InChI=1S/C43H82O6/c1-5-7-9-11-13-15-17-19-23-28-32-36-43(46)49-40(37-47-41(44)34-30-26-22-18-16-14-12-10-8-6-2)38-48-42(45)35-31-27-24-20-21-25-29-33-39(3)4/h39-40H,5-38H2,1-4H3/t40-/m1/s1. The number of carbonyl (C=O) groups excluding carboxylic acids is 3. The molecule has 0 rings (SSSR count). The molecule has 0 spiro atoms. The fraction of sp³-hybridized carbons (Fsp3) is 0.930. The molecule has 0 N–H and O–H groups in total. The van der Waals surface area contributed by atoms with Crippen molar-refractivity contribution in [1.82, 2.24) is 0 Å². The molecule has 0 saturated heterocycles. The molecule has 0 aliphatic carbocycles. The predicted molar refractivity (Wildman–Crippen MR) is 206 cm³/mol. The van der Waals surface area contributed by atoms with E-state index in [9.17, 15) is 14.4 Å². The third-order valence-corrected chi connectivity index (χ3v) is 9.54. The van der Waals surface area contributed by atoms with E-state index in [1.807, 2.05) is 0 Å². The van der Waals surface area contributed by atoms with Crippen molar-refractivity contribution in [3.05, 3.63) is 0 Å². The van der Waals surface area contributed by atoms with Gasteiger partial charge in [-0.1, -0.05) is 195 Å². The van der Waals surface area contributed by atoms with Crippen molar-refractivity contribution >= 4 is 17.9 Å². The third-order valence-electron chi connectivity index (χ3n) is 9.54. The molecule has 0 bridgehead atoms. The minimum absolute atomic E-state index is 0.0648. The van der Waals surface area contributed by atoms with Crippen LogP contribution in [0.25, 0.3) is 0 Å². The molecular formula is C43H82O6. The van der Waals surface area contributed by atoms with Gasteiger partial charge in [-0.2, -0.15) is 0 Å². The second-order valence-corrected chi connectivity index (χ2v) is 15.1. The van der Waals surface area contributed by atoms with E-state index in [1.165, 1.54) is 128 Å². The number of ether oxygens (including phenoxy) is 3. The Balaban J connectivity index is 4.34. The Labute approximate surface area is 304 Å². The lowest BCUT2D eigenvalue weighted by Gasteiger charge is -2.18. The van der Waals surface area contributed by atoms with E-state index in [0.29, 0.717) is 19.3 Å². The number of hydrogen-bond acceptors (Lipinski definition) is 6. The van der Waals surface area contributed by atoms with Crippen LogP contribution >= 0.6 is 0 Å². The van der Waals surface area contributed by atoms with Gasteiger partial charge in [0.2, 0.25) is 0 Å². The van der Waals surface area contributed by atoms with Crippen LogP contribution in [0.15, 0.2) is 0 Å². The van der Waals surface area contributed by atoms with Gasteiger partial charge in [0.1, 0.15) is 13.2 Å². The van der Waals surface area contributed by atoms with Crippen molar-refractivity contribution in [3.63, 3.8) is 0 Å². The highest BCUT2D eigenvalue weighted by Gasteiger charge is 2.19. The molecule has 6 heteroatoms. The number of esters is 3. The van der Waals surface area contributed by atoms with Crippen LogP contribution in [0.5, 0.6) is 0 Å². The molecule has 6 nitrogen and oxygen atoms in total. The summed E-state index contributed by atoms with van der Waals surface area (Å²) < 4.78 is 16.6. The SMILES string of the molecule is CCCCCCCCCCCCCC(=O)O[C@H](COC(=O)CCCCCCCCCCCC)COC(=O)CCCCCCCCCC(C)C. The maximum atomic E-state index is 12.6. The van der Waals surface area contributed by atoms with Crippen molar-refractivity contribution in [1.29, 1.82) is 0 Å². The van der Waals surface area contributed by atoms with Gasteiger partial charge in [0.05, 0.1) is 0 Å². The Kier molecular flexibility index (Phi) is 36.4. The Morgan fingerprint density at radius 3 is 1.00 bits per heavy atom. The van der Waals surface area contributed by atoms with Crippen LogP contribution < -0.4 is 0 Å². The first kappa shape index (κ1) is 47.4. The second-order valence-electron chi connectivity index (χ2n) is 15.1. The molecule has 0 aromatic rings. The van der Waals surface area contributed by atoms with Crippen LogP contribution in [0.3, 0.4) is 0 Å². The average molecular weight is 695 g/mol. The maximum absolute atomic E-state index is 12.6. The largest absolute Gasteiger partial charge is 0.462 e. The summed E-state index contributed by atoms with van der Waals surface area (Å²) in [6, 6.07) is 0. The smallest absolute Gasteiger partial charge is 0.306 e. The number of carbonyl (C=O) groups is 3. The molecule has 0 unspecified atom stereocenters.